The standard InChI is InChI=1S/C5H10NOS.C5H12O2.C2H6O.Ti/c1-4(3-8-2)5(6)7;1-3-6-5-7-4-2;1-2-3;/h4H,2-3H2,1H3,(H2,6,7);3-5H2,1-2H3;3H,2H2,1H3;/q-1;;;. The summed E-state index contributed by atoms with van der Waals surface area (Å²) in [5.74, 6) is 0.425. The quantitative estimate of drug-likeness (QED) is 0.321. The van der Waals surface area contributed by atoms with Crippen LogP contribution in [-0.2, 0) is 36.0 Å². The molecular formula is C12H28NO4STi-. The van der Waals surface area contributed by atoms with Gasteiger partial charge < -0.3 is 32.1 Å². The van der Waals surface area contributed by atoms with Crippen molar-refractivity contribution in [1.29, 1.82) is 0 Å². The zero-order chi connectivity index (χ0) is 14.8. The number of hydrogen-bond donors (Lipinski definition) is 2. The first-order valence-electron chi connectivity index (χ1n) is 5.94. The van der Waals surface area contributed by atoms with Crippen LogP contribution in [0.25, 0.3) is 0 Å². The molecule has 1 atom stereocenters. The normalized spacial score (nSPS) is 10.0. The molecule has 0 saturated heterocycles. The summed E-state index contributed by atoms with van der Waals surface area (Å²) in [6, 6.07) is 0. The van der Waals surface area contributed by atoms with Crippen molar-refractivity contribution in [1.82, 2.24) is 0 Å². The fourth-order valence-electron chi connectivity index (χ4n) is 0.485. The number of aliphatic hydroxyl groups excluding tert-OH is 1. The number of ether oxygens (including phenoxy) is 2. The second-order valence-corrected chi connectivity index (χ2v) is 3.84. The Morgan fingerprint density at radius 1 is 1.32 bits per heavy atom. The Hall–Kier alpha value is 0.414. The van der Waals surface area contributed by atoms with Crippen LogP contribution in [0.1, 0.15) is 27.7 Å². The Bertz CT molecular complexity index is 161. The average Bonchev–Trinajstić information content (AvgIpc) is 2.32. The molecule has 0 rings (SSSR count). The third-order valence-electron chi connectivity index (χ3n) is 1.43. The molecule has 0 aliphatic heterocycles. The van der Waals surface area contributed by atoms with Crippen LogP contribution in [0.5, 0.6) is 0 Å². The van der Waals surface area contributed by atoms with E-state index in [1.165, 1.54) is 11.8 Å². The van der Waals surface area contributed by atoms with E-state index in [-0.39, 0.29) is 40.1 Å². The molecule has 0 radical (unpaired) electrons. The molecule has 0 aromatic carbocycles. The van der Waals surface area contributed by atoms with E-state index >= 15 is 0 Å². The van der Waals surface area contributed by atoms with Gasteiger partial charge in [-0.3, -0.25) is 11.1 Å². The molecule has 0 aliphatic carbocycles. The fourth-order valence-corrected chi connectivity index (χ4v) is 1.00. The molecule has 0 bridgehead atoms. The van der Waals surface area contributed by atoms with E-state index < -0.39 is 0 Å². The predicted molar refractivity (Wildman–Crippen MR) is 77.1 cm³/mol. The Labute approximate surface area is 136 Å². The maximum absolute atomic E-state index is 10.3. The van der Waals surface area contributed by atoms with Gasteiger partial charge >= 0.3 is 0 Å². The van der Waals surface area contributed by atoms with Crippen LogP contribution in [-0.4, -0.2) is 43.4 Å². The zero-order valence-electron chi connectivity index (χ0n) is 12.5. The van der Waals surface area contributed by atoms with E-state index in [1.54, 1.807) is 13.8 Å². The minimum Gasteiger partial charge on any atom is -0.397 e. The molecule has 0 spiro atoms. The van der Waals surface area contributed by atoms with E-state index in [2.05, 4.69) is 6.26 Å². The van der Waals surface area contributed by atoms with Gasteiger partial charge in [0.25, 0.3) is 0 Å². The number of amides is 1. The molecule has 0 heterocycles. The molecule has 5 nitrogen and oxygen atoms in total. The van der Waals surface area contributed by atoms with Crippen molar-refractivity contribution in [2.45, 2.75) is 27.7 Å². The van der Waals surface area contributed by atoms with E-state index in [0.717, 1.165) is 19.0 Å². The van der Waals surface area contributed by atoms with Crippen molar-refractivity contribution in [3.63, 3.8) is 0 Å². The third-order valence-corrected chi connectivity index (χ3v) is 2.16. The van der Waals surface area contributed by atoms with Gasteiger partial charge in [0.1, 0.15) is 6.79 Å². The monoisotopic (exact) mass is 330 g/mol. The molecule has 0 aromatic rings. The summed E-state index contributed by atoms with van der Waals surface area (Å²) in [5.41, 5.74) is 4.94. The van der Waals surface area contributed by atoms with E-state index in [4.69, 9.17) is 20.3 Å². The van der Waals surface area contributed by atoms with Crippen molar-refractivity contribution >= 4 is 17.7 Å². The zero-order valence-corrected chi connectivity index (χ0v) is 14.9. The van der Waals surface area contributed by atoms with Gasteiger partial charge in [-0.2, -0.15) is 0 Å². The molecule has 0 fully saturated rings. The van der Waals surface area contributed by atoms with Crippen LogP contribution in [0.2, 0.25) is 0 Å². The number of nitrogens with two attached hydrogens (primary N) is 1. The number of hydrogen-bond acceptors (Lipinski definition) is 5. The summed E-state index contributed by atoms with van der Waals surface area (Å²) >= 11 is 1.39. The maximum Gasteiger partial charge on any atom is 0.220 e. The first kappa shape index (κ1) is 27.7. The van der Waals surface area contributed by atoms with Crippen LogP contribution >= 0.6 is 11.8 Å². The van der Waals surface area contributed by atoms with Gasteiger partial charge in [-0.1, -0.05) is 6.92 Å². The number of thioether (sulfide) groups is 1. The number of carbonyl (C=O) groups excluding carboxylic acids is 1. The second kappa shape index (κ2) is 26.9. The van der Waals surface area contributed by atoms with Gasteiger partial charge in [0, 0.05) is 47.5 Å². The molecule has 1 unspecified atom stereocenters. The summed E-state index contributed by atoms with van der Waals surface area (Å²) in [4.78, 5) is 10.3. The third kappa shape index (κ3) is 38.1. The van der Waals surface area contributed by atoms with Crippen LogP contribution in [0.3, 0.4) is 0 Å². The predicted octanol–water partition coefficient (Wildman–Crippen LogP) is 1.65. The van der Waals surface area contributed by atoms with Gasteiger partial charge in [-0.15, -0.1) is 0 Å². The van der Waals surface area contributed by atoms with Crippen LogP contribution in [0, 0.1) is 12.2 Å². The Kier molecular flexibility index (Phi) is 39.2. The molecule has 0 saturated carbocycles. The van der Waals surface area contributed by atoms with Crippen molar-refractivity contribution in [2.75, 3.05) is 32.4 Å². The Morgan fingerprint density at radius 3 is 1.84 bits per heavy atom. The fraction of sp³-hybridized carbons (Fsp3) is 0.833. The second-order valence-electron chi connectivity index (χ2n) is 3.09. The molecule has 0 aromatic heterocycles. The first-order valence-corrected chi connectivity index (χ1v) is 7.09. The SMILES string of the molecule is CCO.CCOCOCC.[CH2-]SCC(C)C(N)=O.[Ti]. The molecule has 116 valence electrons. The number of aliphatic hydroxyl groups is 1. The van der Waals surface area contributed by atoms with E-state index in [9.17, 15) is 4.79 Å². The van der Waals surface area contributed by atoms with Crippen molar-refractivity contribution in [2.24, 2.45) is 11.7 Å². The van der Waals surface area contributed by atoms with E-state index in [1.807, 2.05) is 13.8 Å². The topological polar surface area (TPSA) is 81.8 Å². The minimum absolute atomic E-state index is 0. The smallest absolute Gasteiger partial charge is 0.220 e. The van der Waals surface area contributed by atoms with Gasteiger partial charge in [0.05, 0.1) is 0 Å². The van der Waals surface area contributed by atoms with Gasteiger partial charge in [0.15, 0.2) is 0 Å². The van der Waals surface area contributed by atoms with Crippen LogP contribution in [0.15, 0.2) is 0 Å². The summed E-state index contributed by atoms with van der Waals surface area (Å²) in [6.07, 6.45) is 3.52. The molecule has 1 amide bonds. The molecule has 0 aliphatic rings. The maximum atomic E-state index is 10.3. The summed E-state index contributed by atoms with van der Waals surface area (Å²) in [5, 5.41) is 7.57. The summed E-state index contributed by atoms with van der Waals surface area (Å²) in [7, 11) is 0. The number of primary amides is 1. The average molecular weight is 330 g/mol. The van der Waals surface area contributed by atoms with E-state index in [0.29, 0.717) is 6.79 Å². The van der Waals surface area contributed by atoms with Crippen LogP contribution < -0.4 is 5.73 Å². The van der Waals surface area contributed by atoms with Gasteiger partial charge in [-0.05, 0) is 26.5 Å². The van der Waals surface area contributed by atoms with Crippen LogP contribution in [0.4, 0.5) is 0 Å². The molecular weight excluding hydrogens is 302 g/mol. The number of rotatable bonds is 7. The van der Waals surface area contributed by atoms with Crippen molar-refractivity contribution < 1.29 is 41.1 Å². The summed E-state index contributed by atoms with van der Waals surface area (Å²) in [6.45, 7) is 9.52. The molecule has 7 heteroatoms. The molecule has 3 N–H and O–H groups in total. The largest absolute Gasteiger partial charge is 0.397 e. The summed E-state index contributed by atoms with van der Waals surface area (Å²) < 4.78 is 9.70. The van der Waals surface area contributed by atoms with Crippen molar-refractivity contribution in [3.8, 4) is 0 Å². The first-order chi connectivity index (χ1) is 8.51. The van der Waals surface area contributed by atoms with Gasteiger partial charge in [-0.25, -0.2) is 0 Å². The molecule has 19 heavy (non-hydrogen) atoms. The number of carbonyl (C=O) groups is 1. The van der Waals surface area contributed by atoms with Gasteiger partial charge in [0.2, 0.25) is 5.91 Å². The Balaban J connectivity index is -0.0000000946. The Morgan fingerprint density at radius 2 is 1.68 bits per heavy atom. The van der Waals surface area contributed by atoms with Crippen molar-refractivity contribution in [3.05, 3.63) is 6.26 Å². The minimum atomic E-state index is -0.249.